The lowest BCUT2D eigenvalue weighted by Gasteiger charge is -2.35. The Balaban J connectivity index is 1.52. The number of carbonyl (C=O) groups is 2. The second kappa shape index (κ2) is 6.39. The van der Waals surface area contributed by atoms with Gasteiger partial charge in [0.2, 0.25) is 5.91 Å². The Morgan fingerprint density at radius 2 is 1.56 bits per heavy atom. The van der Waals surface area contributed by atoms with Gasteiger partial charge in [0.05, 0.1) is 12.7 Å². The van der Waals surface area contributed by atoms with E-state index in [0.717, 1.165) is 23.6 Å². The number of hydrogen-bond donors (Lipinski definition) is 0. The molecule has 0 bridgehead atoms. The van der Waals surface area contributed by atoms with Crippen molar-refractivity contribution in [1.29, 1.82) is 0 Å². The van der Waals surface area contributed by atoms with Crippen LogP contribution in [0.2, 0.25) is 0 Å². The van der Waals surface area contributed by atoms with Crippen molar-refractivity contribution < 1.29 is 14.3 Å². The summed E-state index contributed by atoms with van der Waals surface area (Å²) in [6.45, 7) is 2.40. The van der Waals surface area contributed by atoms with Crippen molar-refractivity contribution in [3.8, 4) is 5.75 Å². The van der Waals surface area contributed by atoms with E-state index in [-0.39, 0.29) is 17.7 Å². The van der Waals surface area contributed by atoms with Crippen LogP contribution in [-0.2, 0) is 4.79 Å². The summed E-state index contributed by atoms with van der Waals surface area (Å²) >= 11 is 0. The van der Waals surface area contributed by atoms with Gasteiger partial charge in [-0.1, -0.05) is 24.3 Å². The van der Waals surface area contributed by atoms with Crippen LogP contribution in [0.4, 0.5) is 0 Å². The molecule has 1 saturated heterocycles. The quantitative estimate of drug-likeness (QED) is 0.864. The average Bonchev–Trinajstić information content (AvgIpc) is 3.51. The smallest absolute Gasteiger partial charge is 0.257 e. The first kappa shape index (κ1) is 15.9. The molecule has 2 fully saturated rings. The third-order valence-electron chi connectivity index (χ3n) is 5.10. The molecule has 130 valence electrons. The molecule has 1 saturated carbocycles. The molecular formula is C20H22N2O3. The monoisotopic (exact) mass is 338 g/mol. The van der Waals surface area contributed by atoms with Gasteiger partial charge in [-0.3, -0.25) is 9.59 Å². The van der Waals surface area contributed by atoms with Crippen LogP contribution in [0.5, 0.6) is 5.75 Å². The third kappa shape index (κ3) is 3.06. The van der Waals surface area contributed by atoms with Crippen LogP contribution in [0, 0.1) is 5.92 Å². The van der Waals surface area contributed by atoms with Crippen molar-refractivity contribution in [2.75, 3.05) is 33.3 Å². The third-order valence-corrected chi connectivity index (χ3v) is 5.10. The van der Waals surface area contributed by atoms with Gasteiger partial charge in [-0.2, -0.15) is 0 Å². The number of methoxy groups -OCH3 is 1. The zero-order chi connectivity index (χ0) is 17.4. The van der Waals surface area contributed by atoms with E-state index in [4.69, 9.17) is 4.74 Å². The summed E-state index contributed by atoms with van der Waals surface area (Å²) in [5, 5.41) is 2.07. The van der Waals surface area contributed by atoms with Gasteiger partial charge in [-0.15, -0.1) is 0 Å². The Morgan fingerprint density at radius 1 is 0.960 bits per heavy atom. The van der Waals surface area contributed by atoms with Gasteiger partial charge >= 0.3 is 0 Å². The van der Waals surface area contributed by atoms with Crippen molar-refractivity contribution in [1.82, 2.24) is 9.80 Å². The number of amides is 2. The molecule has 0 aromatic heterocycles. The summed E-state index contributed by atoms with van der Waals surface area (Å²) in [4.78, 5) is 28.9. The lowest BCUT2D eigenvalue weighted by atomic mass is 10.0. The van der Waals surface area contributed by atoms with Gasteiger partial charge in [0, 0.05) is 32.1 Å². The zero-order valence-corrected chi connectivity index (χ0v) is 14.4. The highest BCUT2D eigenvalue weighted by Gasteiger charge is 2.35. The normalized spacial score (nSPS) is 17.6. The predicted octanol–water partition coefficient (Wildman–Crippen LogP) is 2.54. The van der Waals surface area contributed by atoms with Crippen LogP contribution >= 0.6 is 0 Å². The molecule has 5 nitrogen and oxygen atoms in total. The topological polar surface area (TPSA) is 49.9 Å². The second-order valence-corrected chi connectivity index (χ2v) is 6.79. The number of piperazine rings is 1. The van der Waals surface area contributed by atoms with Gasteiger partial charge in [-0.25, -0.2) is 0 Å². The number of ether oxygens (including phenoxy) is 1. The van der Waals surface area contributed by atoms with Crippen LogP contribution in [0.25, 0.3) is 10.8 Å². The standard InChI is InChI=1S/C20H22N2O3/c1-25-18-13-16-5-3-2-4-15(16)12-17(18)20(24)22-10-8-21(9-11-22)19(23)14-6-7-14/h2-5,12-14H,6-11H2,1H3. The molecule has 1 heterocycles. The highest BCUT2D eigenvalue weighted by atomic mass is 16.5. The zero-order valence-electron chi connectivity index (χ0n) is 14.4. The Morgan fingerprint density at radius 3 is 2.16 bits per heavy atom. The van der Waals surface area contributed by atoms with Crippen LogP contribution in [0.3, 0.4) is 0 Å². The lowest BCUT2D eigenvalue weighted by Crippen LogP contribution is -2.51. The minimum absolute atomic E-state index is 0.0267. The summed E-state index contributed by atoms with van der Waals surface area (Å²) < 4.78 is 5.45. The second-order valence-electron chi connectivity index (χ2n) is 6.79. The van der Waals surface area contributed by atoms with Gasteiger partial charge in [0.15, 0.2) is 0 Å². The summed E-state index contributed by atoms with van der Waals surface area (Å²) in [5.41, 5.74) is 0.586. The van der Waals surface area contributed by atoms with Crippen molar-refractivity contribution in [3.63, 3.8) is 0 Å². The van der Waals surface area contributed by atoms with E-state index >= 15 is 0 Å². The fourth-order valence-corrected chi connectivity index (χ4v) is 3.44. The maximum absolute atomic E-state index is 13.0. The minimum Gasteiger partial charge on any atom is -0.496 e. The van der Waals surface area contributed by atoms with Crippen LogP contribution < -0.4 is 4.74 Å². The highest BCUT2D eigenvalue weighted by molar-refractivity contribution is 6.01. The molecule has 0 spiro atoms. The average molecular weight is 338 g/mol. The molecular weight excluding hydrogens is 316 g/mol. The molecule has 0 radical (unpaired) electrons. The molecule has 0 unspecified atom stereocenters. The van der Waals surface area contributed by atoms with Crippen molar-refractivity contribution in [3.05, 3.63) is 42.0 Å². The number of hydrogen-bond acceptors (Lipinski definition) is 3. The number of benzene rings is 2. The van der Waals surface area contributed by atoms with E-state index in [0.29, 0.717) is 37.5 Å². The molecule has 2 aromatic rings. The van der Waals surface area contributed by atoms with Crippen LogP contribution in [0.1, 0.15) is 23.2 Å². The lowest BCUT2D eigenvalue weighted by molar-refractivity contribution is -0.134. The van der Waals surface area contributed by atoms with Crippen LogP contribution in [0.15, 0.2) is 36.4 Å². The number of rotatable bonds is 3. The Hall–Kier alpha value is -2.56. The van der Waals surface area contributed by atoms with E-state index in [9.17, 15) is 9.59 Å². The van der Waals surface area contributed by atoms with E-state index < -0.39 is 0 Å². The molecule has 5 heteroatoms. The van der Waals surface area contributed by atoms with E-state index in [1.807, 2.05) is 46.2 Å². The first-order chi connectivity index (χ1) is 12.2. The van der Waals surface area contributed by atoms with Gasteiger partial charge in [-0.05, 0) is 35.7 Å². The van der Waals surface area contributed by atoms with Crippen molar-refractivity contribution in [2.45, 2.75) is 12.8 Å². The number of carbonyl (C=O) groups excluding carboxylic acids is 2. The Labute approximate surface area is 147 Å². The van der Waals surface area contributed by atoms with E-state index in [2.05, 4.69) is 0 Å². The molecule has 2 aromatic carbocycles. The Kier molecular flexibility index (Phi) is 4.07. The fraction of sp³-hybridized carbons (Fsp3) is 0.400. The Bertz CT molecular complexity index is 821. The van der Waals surface area contributed by atoms with Crippen molar-refractivity contribution >= 4 is 22.6 Å². The first-order valence-corrected chi connectivity index (χ1v) is 8.82. The number of fused-ring (bicyclic) bond motifs is 1. The molecule has 1 aliphatic carbocycles. The largest absolute Gasteiger partial charge is 0.496 e. The molecule has 1 aliphatic heterocycles. The molecule has 25 heavy (non-hydrogen) atoms. The summed E-state index contributed by atoms with van der Waals surface area (Å²) in [6, 6.07) is 11.8. The van der Waals surface area contributed by atoms with Gasteiger partial charge < -0.3 is 14.5 Å². The molecule has 0 N–H and O–H groups in total. The maximum atomic E-state index is 13.0. The predicted molar refractivity (Wildman–Crippen MR) is 95.7 cm³/mol. The highest BCUT2D eigenvalue weighted by Crippen LogP contribution is 2.32. The fourth-order valence-electron chi connectivity index (χ4n) is 3.44. The first-order valence-electron chi connectivity index (χ1n) is 8.82. The van der Waals surface area contributed by atoms with Gasteiger partial charge in [0.25, 0.3) is 5.91 Å². The van der Waals surface area contributed by atoms with Crippen molar-refractivity contribution in [2.24, 2.45) is 5.92 Å². The van der Waals surface area contributed by atoms with E-state index in [1.165, 1.54) is 0 Å². The number of nitrogens with zero attached hydrogens (tertiary/aromatic N) is 2. The SMILES string of the molecule is COc1cc2ccccc2cc1C(=O)N1CCN(C(=O)C2CC2)CC1. The van der Waals surface area contributed by atoms with Gasteiger partial charge in [0.1, 0.15) is 5.75 Å². The van der Waals surface area contributed by atoms with E-state index in [1.54, 1.807) is 7.11 Å². The minimum atomic E-state index is -0.0267. The summed E-state index contributed by atoms with van der Waals surface area (Å²) in [6.07, 6.45) is 2.04. The summed E-state index contributed by atoms with van der Waals surface area (Å²) in [5.74, 6) is 1.07. The molecule has 2 amide bonds. The molecule has 2 aliphatic rings. The van der Waals surface area contributed by atoms with Crippen LogP contribution in [-0.4, -0.2) is 54.9 Å². The molecule has 4 rings (SSSR count). The summed E-state index contributed by atoms with van der Waals surface area (Å²) in [7, 11) is 1.59. The maximum Gasteiger partial charge on any atom is 0.257 e. The molecule has 0 atom stereocenters.